The first-order valence-electron chi connectivity index (χ1n) is 7.14. The molecule has 0 heterocycles. The molecule has 0 aromatic heterocycles. The second kappa shape index (κ2) is 5.30. The predicted octanol–water partition coefficient (Wildman–Crippen LogP) is 2.90. The molecule has 1 aliphatic carbocycles. The lowest BCUT2D eigenvalue weighted by atomic mass is 9.49. The molecule has 2 aromatic rings. The lowest BCUT2D eigenvalue weighted by molar-refractivity contribution is -0.166. The Morgan fingerprint density at radius 1 is 0.909 bits per heavy atom. The second-order valence-corrected chi connectivity index (χ2v) is 5.68. The van der Waals surface area contributed by atoms with Gasteiger partial charge in [-0.15, -0.1) is 0 Å². The summed E-state index contributed by atoms with van der Waals surface area (Å²) in [6, 6.07) is 18.0. The highest BCUT2D eigenvalue weighted by molar-refractivity contribution is 5.92. The van der Waals surface area contributed by atoms with Crippen LogP contribution in [0.1, 0.15) is 23.5 Å². The van der Waals surface area contributed by atoms with Crippen molar-refractivity contribution in [1.29, 1.82) is 0 Å². The van der Waals surface area contributed by atoms with Gasteiger partial charge in [-0.1, -0.05) is 60.7 Å². The number of carboxylic acids is 2. The van der Waals surface area contributed by atoms with Crippen LogP contribution >= 0.6 is 0 Å². The van der Waals surface area contributed by atoms with Gasteiger partial charge in [-0.25, -0.2) is 0 Å². The van der Waals surface area contributed by atoms with Gasteiger partial charge < -0.3 is 10.2 Å². The van der Waals surface area contributed by atoms with Gasteiger partial charge in [0.1, 0.15) is 5.41 Å². The molecular formula is C18H16O4. The van der Waals surface area contributed by atoms with Gasteiger partial charge in [-0.05, 0) is 17.5 Å². The molecule has 3 unspecified atom stereocenters. The summed E-state index contributed by atoms with van der Waals surface area (Å²) in [4.78, 5) is 23.7. The van der Waals surface area contributed by atoms with Crippen LogP contribution in [0.5, 0.6) is 0 Å². The maximum absolute atomic E-state index is 11.9. The Balaban J connectivity index is 2.06. The lowest BCUT2D eigenvalue weighted by Gasteiger charge is -2.50. The number of hydrogen-bond acceptors (Lipinski definition) is 2. The van der Waals surface area contributed by atoms with Gasteiger partial charge in [-0.2, -0.15) is 0 Å². The molecule has 112 valence electrons. The van der Waals surface area contributed by atoms with Crippen molar-refractivity contribution in [3.8, 4) is 0 Å². The number of hydrogen-bond donors (Lipinski definition) is 2. The van der Waals surface area contributed by atoms with Crippen LogP contribution in [-0.2, 0) is 15.0 Å². The van der Waals surface area contributed by atoms with Gasteiger partial charge in [0, 0.05) is 5.92 Å². The van der Waals surface area contributed by atoms with Crippen molar-refractivity contribution in [2.75, 3.05) is 0 Å². The van der Waals surface area contributed by atoms with Crippen molar-refractivity contribution in [1.82, 2.24) is 0 Å². The van der Waals surface area contributed by atoms with E-state index in [0.29, 0.717) is 12.0 Å². The summed E-state index contributed by atoms with van der Waals surface area (Å²) in [5.74, 6) is -3.38. The van der Waals surface area contributed by atoms with Crippen molar-refractivity contribution >= 4 is 11.9 Å². The Morgan fingerprint density at radius 3 is 1.95 bits per heavy atom. The minimum Gasteiger partial charge on any atom is -0.481 e. The molecule has 0 amide bonds. The SMILES string of the molecule is O=C(O)C1C(c2ccccc2)CC1(C(=O)O)c1ccccc1. The minimum absolute atomic E-state index is 0.282. The van der Waals surface area contributed by atoms with Gasteiger partial charge >= 0.3 is 11.9 Å². The molecule has 1 fully saturated rings. The quantitative estimate of drug-likeness (QED) is 0.909. The molecule has 3 atom stereocenters. The number of rotatable bonds is 4. The summed E-state index contributed by atoms with van der Waals surface area (Å²) in [7, 11) is 0. The van der Waals surface area contributed by atoms with Gasteiger partial charge in [-0.3, -0.25) is 9.59 Å². The molecule has 1 saturated carbocycles. The molecule has 2 aromatic carbocycles. The van der Waals surface area contributed by atoms with E-state index in [2.05, 4.69) is 0 Å². The van der Waals surface area contributed by atoms with Gasteiger partial charge in [0.05, 0.1) is 5.92 Å². The van der Waals surface area contributed by atoms with Crippen LogP contribution in [-0.4, -0.2) is 22.2 Å². The smallest absolute Gasteiger partial charge is 0.315 e. The maximum atomic E-state index is 11.9. The minimum atomic E-state index is -1.35. The highest BCUT2D eigenvalue weighted by Gasteiger charge is 2.63. The summed E-state index contributed by atoms with van der Waals surface area (Å²) >= 11 is 0. The van der Waals surface area contributed by atoms with Crippen molar-refractivity contribution in [2.45, 2.75) is 17.8 Å². The summed E-state index contributed by atoms with van der Waals surface area (Å²) < 4.78 is 0. The summed E-state index contributed by atoms with van der Waals surface area (Å²) in [5.41, 5.74) is 0.0814. The fourth-order valence-corrected chi connectivity index (χ4v) is 3.54. The highest BCUT2D eigenvalue weighted by atomic mass is 16.4. The molecule has 4 heteroatoms. The van der Waals surface area contributed by atoms with Gasteiger partial charge in [0.2, 0.25) is 0 Å². The Bertz CT molecular complexity index is 696. The van der Waals surface area contributed by atoms with E-state index >= 15 is 0 Å². The molecular weight excluding hydrogens is 280 g/mol. The molecule has 0 spiro atoms. The van der Waals surface area contributed by atoms with Crippen molar-refractivity contribution < 1.29 is 19.8 Å². The monoisotopic (exact) mass is 296 g/mol. The molecule has 0 bridgehead atoms. The summed E-state index contributed by atoms with van der Waals surface area (Å²) in [6.45, 7) is 0. The number of carbonyl (C=O) groups is 2. The highest BCUT2D eigenvalue weighted by Crippen LogP contribution is 2.57. The number of aliphatic carboxylic acids is 2. The zero-order valence-electron chi connectivity index (χ0n) is 11.8. The van der Waals surface area contributed by atoms with E-state index in [9.17, 15) is 19.8 Å². The molecule has 2 N–H and O–H groups in total. The third-order valence-corrected chi connectivity index (χ3v) is 4.64. The normalized spacial score (nSPS) is 26.9. The summed E-state index contributed by atoms with van der Waals surface area (Å²) in [5, 5.41) is 19.4. The van der Waals surface area contributed by atoms with E-state index in [1.807, 2.05) is 30.3 Å². The van der Waals surface area contributed by atoms with Crippen LogP contribution in [0.15, 0.2) is 60.7 Å². The molecule has 4 nitrogen and oxygen atoms in total. The van der Waals surface area contributed by atoms with E-state index in [0.717, 1.165) is 5.56 Å². The summed E-state index contributed by atoms with van der Waals surface area (Å²) in [6.07, 6.45) is 0.299. The molecule has 3 rings (SSSR count). The largest absolute Gasteiger partial charge is 0.481 e. The van der Waals surface area contributed by atoms with Gasteiger partial charge in [0.25, 0.3) is 0 Å². The van der Waals surface area contributed by atoms with Crippen LogP contribution in [0.4, 0.5) is 0 Å². The van der Waals surface area contributed by atoms with Crippen molar-refractivity contribution in [3.63, 3.8) is 0 Å². The van der Waals surface area contributed by atoms with E-state index in [-0.39, 0.29) is 5.92 Å². The van der Waals surface area contributed by atoms with E-state index < -0.39 is 23.3 Å². The first-order valence-corrected chi connectivity index (χ1v) is 7.14. The topological polar surface area (TPSA) is 74.6 Å². The third-order valence-electron chi connectivity index (χ3n) is 4.64. The first kappa shape index (κ1) is 14.3. The van der Waals surface area contributed by atoms with Gasteiger partial charge in [0.15, 0.2) is 0 Å². The average molecular weight is 296 g/mol. The predicted molar refractivity (Wildman–Crippen MR) is 80.7 cm³/mol. The van der Waals surface area contributed by atoms with Crippen LogP contribution in [0, 0.1) is 5.92 Å². The molecule has 0 radical (unpaired) electrons. The van der Waals surface area contributed by atoms with Crippen molar-refractivity contribution in [3.05, 3.63) is 71.8 Å². The maximum Gasteiger partial charge on any atom is 0.315 e. The Hall–Kier alpha value is -2.62. The fraction of sp³-hybridized carbons (Fsp3) is 0.222. The standard InChI is InChI=1S/C18H16O4/c19-16(20)15-14(12-7-3-1-4-8-12)11-18(15,17(21)22)13-9-5-2-6-10-13/h1-10,14-15H,11H2,(H,19,20)(H,21,22). The molecule has 0 saturated heterocycles. The van der Waals surface area contributed by atoms with Crippen LogP contribution in [0.2, 0.25) is 0 Å². The Morgan fingerprint density at radius 2 is 1.45 bits per heavy atom. The third kappa shape index (κ3) is 1.99. The second-order valence-electron chi connectivity index (χ2n) is 5.68. The molecule has 22 heavy (non-hydrogen) atoms. The lowest BCUT2D eigenvalue weighted by Crippen LogP contribution is -2.58. The van der Waals surface area contributed by atoms with E-state index in [1.54, 1.807) is 30.3 Å². The Kier molecular flexibility index (Phi) is 3.45. The first-order chi connectivity index (χ1) is 10.6. The zero-order chi connectivity index (χ0) is 15.7. The zero-order valence-corrected chi connectivity index (χ0v) is 11.8. The number of carboxylic acid groups (broad SMARTS) is 2. The fourth-order valence-electron chi connectivity index (χ4n) is 3.54. The Labute approximate surface area is 128 Å². The van der Waals surface area contributed by atoms with E-state index in [4.69, 9.17) is 0 Å². The van der Waals surface area contributed by atoms with Crippen LogP contribution < -0.4 is 0 Å². The average Bonchev–Trinajstić information content (AvgIpc) is 2.48. The van der Waals surface area contributed by atoms with Crippen LogP contribution in [0.3, 0.4) is 0 Å². The molecule has 1 aliphatic rings. The van der Waals surface area contributed by atoms with Crippen LogP contribution in [0.25, 0.3) is 0 Å². The van der Waals surface area contributed by atoms with Crippen molar-refractivity contribution in [2.24, 2.45) is 5.92 Å². The van der Waals surface area contributed by atoms with E-state index in [1.165, 1.54) is 0 Å². The number of benzene rings is 2. The molecule has 0 aliphatic heterocycles.